The van der Waals surface area contributed by atoms with Gasteiger partial charge in [0, 0.05) is 25.1 Å². The first kappa shape index (κ1) is 19.0. The van der Waals surface area contributed by atoms with Gasteiger partial charge in [-0.25, -0.2) is 4.98 Å². The number of nitrogens with one attached hydrogen (secondary N) is 1. The third kappa shape index (κ3) is 3.81. The highest BCUT2D eigenvalue weighted by molar-refractivity contribution is 6.00. The molecule has 1 aromatic heterocycles. The van der Waals surface area contributed by atoms with Crippen LogP contribution in [0.25, 0.3) is 11.1 Å². The molecule has 4 rings (SSSR count). The molecule has 1 N–H and O–H groups in total. The standard InChI is InChI=1S/C22H23N3O4/c1-3-18-21(26)23-10-11-25(18)22(27)15-6-9-17-19(13-15)29-20(24-17)12-14-4-7-16(28-2)8-5-14/h4-9,13,18H,3,10-12H2,1-2H3,(H,23,26)/t18-/m1/s1. The van der Waals surface area contributed by atoms with E-state index in [4.69, 9.17) is 9.15 Å². The van der Waals surface area contributed by atoms with Gasteiger partial charge in [0.15, 0.2) is 11.5 Å². The number of hydrogen-bond donors (Lipinski definition) is 1. The lowest BCUT2D eigenvalue weighted by atomic mass is 10.1. The van der Waals surface area contributed by atoms with Crippen molar-refractivity contribution in [2.75, 3.05) is 20.2 Å². The maximum Gasteiger partial charge on any atom is 0.254 e. The molecule has 1 atom stereocenters. The zero-order valence-corrected chi connectivity index (χ0v) is 16.5. The number of oxazole rings is 1. The van der Waals surface area contributed by atoms with Gasteiger partial charge >= 0.3 is 0 Å². The van der Waals surface area contributed by atoms with Crippen molar-refractivity contribution in [3.05, 3.63) is 59.5 Å². The largest absolute Gasteiger partial charge is 0.497 e. The number of amides is 2. The van der Waals surface area contributed by atoms with Crippen LogP contribution in [0.2, 0.25) is 0 Å². The number of benzene rings is 2. The Hall–Kier alpha value is -3.35. The molecule has 0 bridgehead atoms. The number of nitrogens with zero attached hydrogens (tertiary/aromatic N) is 2. The lowest BCUT2D eigenvalue weighted by Gasteiger charge is -2.34. The molecule has 0 saturated carbocycles. The van der Waals surface area contributed by atoms with Gasteiger partial charge < -0.3 is 19.4 Å². The zero-order valence-electron chi connectivity index (χ0n) is 16.5. The molecule has 1 fully saturated rings. The minimum absolute atomic E-state index is 0.102. The Bertz CT molecular complexity index is 1040. The van der Waals surface area contributed by atoms with Crippen LogP contribution in [0, 0.1) is 0 Å². The summed E-state index contributed by atoms with van der Waals surface area (Å²) >= 11 is 0. The molecule has 7 heteroatoms. The number of ether oxygens (including phenoxy) is 1. The molecule has 1 aliphatic rings. The van der Waals surface area contributed by atoms with Crippen molar-refractivity contribution in [3.63, 3.8) is 0 Å². The SMILES string of the molecule is CC[C@@H]1C(=O)NCCN1C(=O)c1ccc2nc(Cc3ccc(OC)cc3)oc2c1. The Morgan fingerprint density at radius 1 is 1.28 bits per heavy atom. The van der Waals surface area contributed by atoms with Crippen LogP contribution in [0.3, 0.4) is 0 Å². The predicted molar refractivity (Wildman–Crippen MR) is 108 cm³/mol. The third-order valence-corrected chi connectivity index (χ3v) is 5.17. The van der Waals surface area contributed by atoms with E-state index < -0.39 is 6.04 Å². The molecule has 150 valence electrons. The number of aromatic nitrogens is 1. The Balaban J connectivity index is 1.56. The lowest BCUT2D eigenvalue weighted by molar-refractivity contribution is -0.127. The van der Waals surface area contributed by atoms with E-state index in [9.17, 15) is 9.59 Å². The summed E-state index contributed by atoms with van der Waals surface area (Å²) < 4.78 is 11.1. The number of carbonyl (C=O) groups excluding carboxylic acids is 2. The fourth-order valence-electron chi connectivity index (χ4n) is 3.63. The van der Waals surface area contributed by atoms with E-state index in [1.807, 2.05) is 31.2 Å². The molecule has 0 radical (unpaired) electrons. The van der Waals surface area contributed by atoms with Gasteiger partial charge in [0.25, 0.3) is 5.91 Å². The topological polar surface area (TPSA) is 84.7 Å². The zero-order chi connectivity index (χ0) is 20.4. The summed E-state index contributed by atoms with van der Waals surface area (Å²) in [6.07, 6.45) is 1.13. The molecule has 2 heterocycles. The highest BCUT2D eigenvalue weighted by Gasteiger charge is 2.32. The van der Waals surface area contributed by atoms with Crippen molar-refractivity contribution >= 4 is 22.9 Å². The molecule has 2 aromatic carbocycles. The van der Waals surface area contributed by atoms with Crippen LogP contribution in [0.1, 0.15) is 35.2 Å². The van der Waals surface area contributed by atoms with Crippen LogP contribution in [0.5, 0.6) is 5.75 Å². The second-order valence-corrected chi connectivity index (χ2v) is 7.03. The van der Waals surface area contributed by atoms with E-state index in [2.05, 4.69) is 10.3 Å². The number of hydrogen-bond acceptors (Lipinski definition) is 5. The fourth-order valence-corrected chi connectivity index (χ4v) is 3.63. The van der Waals surface area contributed by atoms with E-state index in [0.717, 1.165) is 11.3 Å². The van der Waals surface area contributed by atoms with E-state index in [1.54, 1.807) is 30.2 Å². The molecular formula is C22H23N3O4. The predicted octanol–water partition coefficient (Wildman–Crippen LogP) is 2.78. The van der Waals surface area contributed by atoms with Gasteiger partial charge in [0.1, 0.15) is 17.3 Å². The van der Waals surface area contributed by atoms with Crippen molar-refractivity contribution in [2.24, 2.45) is 0 Å². The molecule has 1 aliphatic heterocycles. The van der Waals surface area contributed by atoms with Crippen LogP contribution < -0.4 is 10.1 Å². The van der Waals surface area contributed by atoms with Crippen LogP contribution in [-0.4, -0.2) is 47.9 Å². The van der Waals surface area contributed by atoms with Gasteiger partial charge in [0.05, 0.1) is 7.11 Å². The molecule has 0 spiro atoms. The minimum Gasteiger partial charge on any atom is -0.497 e. The summed E-state index contributed by atoms with van der Waals surface area (Å²) in [6.45, 7) is 2.87. The molecular weight excluding hydrogens is 370 g/mol. The average Bonchev–Trinajstić information content (AvgIpc) is 3.15. The molecule has 2 amide bonds. The molecule has 29 heavy (non-hydrogen) atoms. The summed E-state index contributed by atoms with van der Waals surface area (Å²) in [7, 11) is 1.63. The first-order valence-corrected chi connectivity index (χ1v) is 9.70. The Morgan fingerprint density at radius 3 is 2.79 bits per heavy atom. The Labute approximate surface area is 168 Å². The van der Waals surface area contributed by atoms with Crippen molar-refractivity contribution in [1.29, 1.82) is 0 Å². The Kier molecular flexibility index (Phi) is 5.20. The summed E-state index contributed by atoms with van der Waals surface area (Å²) in [5, 5.41) is 2.81. The second kappa shape index (κ2) is 7.95. The molecule has 7 nitrogen and oxygen atoms in total. The number of piperazine rings is 1. The third-order valence-electron chi connectivity index (χ3n) is 5.17. The maximum atomic E-state index is 13.0. The van der Waals surface area contributed by atoms with E-state index in [0.29, 0.717) is 48.5 Å². The van der Waals surface area contributed by atoms with Crippen molar-refractivity contribution in [2.45, 2.75) is 25.8 Å². The van der Waals surface area contributed by atoms with E-state index in [-0.39, 0.29) is 11.8 Å². The second-order valence-electron chi connectivity index (χ2n) is 7.03. The molecule has 3 aromatic rings. The smallest absolute Gasteiger partial charge is 0.254 e. The van der Waals surface area contributed by atoms with Crippen LogP contribution >= 0.6 is 0 Å². The summed E-state index contributed by atoms with van der Waals surface area (Å²) in [4.78, 5) is 31.2. The quantitative estimate of drug-likeness (QED) is 0.721. The van der Waals surface area contributed by atoms with Gasteiger partial charge in [-0.1, -0.05) is 19.1 Å². The van der Waals surface area contributed by atoms with E-state index >= 15 is 0 Å². The highest BCUT2D eigenvalue weighted by Crippen LogP contribution is 2.22. The average molecular weight is 393 g/mol. The monoisotopic (exact) mass is 393 g/mol. The maximum absolute atomic E-state index is 13.0. The van der Waals surface area contributed by atoms with Gasteiger partial charge in [-0.2, -0.15) is 0 Å². The normalized spacial score (nSPS) is 16.7. The number of fused-ring (bicyclic) bond motifs is 1. The Morgan fingerprint density at radius 2 is 2.07 bits per heavy atom. The number of methoxy groups -OCH3 is 1. The van der Waals surface area contributed by atoms with Crippen molar-refractivity contribution in [1.82, 2.24) is 15.2 Å². The van der Waals surface area contributed by atoms with Crippen LogP contribution in [0.15, 0.2) is 46.9 Å². The molecule has 1 saturated heterocycles. The van der Waals surface area contributed by atoms with Crippen LogP contribution in [0.4, 0.5) is 0 Å². The lowest BCUT2D eigenvalue weighted by Crippen LogP contribution is -2.56. The van der Waals surface area contributed by atoms with Gasteiger partial charge in [-0.05, 0) is 42.3 Å². The van der Waals surface area contributed by atoms with Crippen molar-refractivity contribution < 1.29 is 18.7 Å². The molecule has 0 unspecified atom stereocenters. The first-order chi connectivity index (χ1) is 14.1. The minimum atomic E-state index is -0.438. The summed E-state index contributed by atoms with van der Waals surface area (Å²) in [6, 6.07) is 12.5. The van der Waals surface area contributed by atoms with Crippen molar-refractivity contribution in [3.8, 4) is 5.75 Å². The number of carbonyl (C=O) groups is 2. The summed E-state index contributed by atoms with van der Waals surface area (Å²) in [5.74, 6) is 1.11. The first-order valence-electron chi connectivity index (χ1n) is 9.70. The van der Waals surface area contributed by atoms with Gasteiger partial charge in [-0.3, -0.25) is 9.59 Å². The molecule has 0 aliphatic carbocycles. The highest BCUT2D eigenvalue weighted by atomic mass is 16.5. The van der Waals surface area contributed by atoms with Gasteiger partial charge in [-0.15, -0.1) is 0 Å². The van der Waals surface area contributed by atoms with Gasteiger partial charge in [0.2, 0.25) is 5.91 Å². The summed E-state index contributed by atoms with van der Waals surface area (Å²) in [5.41, 5.74) is 2.82. The number of rotatable bonds is 5. The van der Waals surface area contributed by atoms with Crippen LogP contribution in [-0.2, 0) is 11.2 Å². The van der Waals surface area contributed by atoms with E-state index in [1.165, 1.54) is 0 Å². The fraction of sp³-hybridized carbons (Fsp3) is 0.318.